The van der Waals surface area contributed by atoms with E-state index in [1.54, 1.807) is 12.1 Å². The first kappa shape index (κ1) is 13.7. The van der Waals surface area contributed by atoms with Crippen LogP contribution in [0.25, 0.3) is 0 Å². The molecule has 104 valence electrons. The number of nitrogens with one attached hydrogen (secondary N) is 1. The quantitative estimate of drug-likeness (QED) is 0.768. The average Bonchev–Trinajstić information content (AvgIpc) is 2.41. The summed E-state index contributed by atoms with van der Waals surface area (Å²) in [6.07, 6.45) is -0.361. The fourth-order valence-corrected chi connectivity index (χ4v) is 2.99. The van der Waals surface area contributed by atoms with Gasteiger partial charge in [0.1, 0.15) is 17.7 Å². The largest absolute Gasteiger partial charge is 0.481 e. The van der Waals surface area contributed by atoms with E-state index in [0.717, 1.165) is 21.5 Å². The number of anilines is 1. The summed E-state index contributed by atoms with van der Waals surface area (Å²) < 4.78 is 20.7. The lowest BCUT2D eigenvalue weighted by Crippen LogP contribution is -2.25. The van der Waals surface area contributed by atoms with Crippen LogP contribution in [-0.2, 0) is 0 Å². The van der Waals surface area contributed by atoms with Crippen molar-refractivity contribution < 1.29 is 9.13 Å². The molecule has 1 unspecified atom stereocenters. The van der Waals surface area contributed by atoms with Gasteiger partial charge >= 0.3 is 0 Å². The molecule has 1 N–H and O–H groups in total. The predicted octanol–water partition coefficient (Wildman–Crippen LogP) is 5.10. The summed E-state index contributed by atoms with van der Waals surface area (Å²) >= 11 is 9.38. The molecule has 0 aromatic heterocycles. The van der Waals surface area contributed by atoms with E-state index in [-0.39, 0.29) is 11.9 Å². The molecule has 5 heteroatoms. The molecule has 0 saturated heterocycles. The van der Waals surface area contributed by atoms with Gasteiger partial charge in [-0.15, -0.1) is 0 Å². The summed E-state index contributed by atoms with van der Waals surface area (Å²) in [7, 11) is 0. The molecular weight excluding hydrogens is 345 g/mol. The molecule has 3 rings (SSSR count). The Morgan fingerprint density at radius 2 is 2.15 bits per heavy atom. The average molecular weight is 357 g/mol. The molecule has 0 bridgehead atoms. The molecule has 1 aliphatic rings. The molecule has 0 spiro atoms. The Labute approximate surface area is 130 Å². The van der Waals surface area contributed by atoms with Gasteiger partial charge in [0, 0.05) is 15.1 Å². The zero-order valence-corrected chi connectivity index (χ0v) is 13.1. The summed E-state index contributed by atoms with van der Waals surface area (Å²) in [5, 5.41) is 3.90. The molecule has 1 aliphatic heterocycles. The third-order valence-corrected chi connectivity index (χ3v) is 3.99. The topological polar surface area (TPSA) is 21.3 Å². The van der Waals surface area contributed by atoms with Gasteiger partial charge in [-0.25, -0.2) is 4.39 Å². The monoisotopic (exact) mass is 355 g/mol. The maximum Gasteiger partial charge on any atom is 0.146 e. The minimum Gasteiger partial charge on any atom is -0.481 e. The first-order valence-electron chi connectivity index (χ1n) is 6.20. The smallest absolute Gasteiger partial charge is 0.146 e. The molecule has 0 radical (unpaired) electrons. The van der Waals surface area contributed by atoms with E-state index in [0.29, 0.717) is 17.1 Å². The predicted molar refractivity (Wildman–Crippen MR) is 82.1 cm³/mol. The van der Waals surface area contributed by atoms with E-state index in [2.05, 4.69) is 21.2 Å². The molecule has 2 nitrogen and oxygen atoms in total. The summed E-state index contributed by atoms with van der Waals surface area (Å²) in [5.74, 6) is 0.458. The molecule has 20 heavy (non-hydrogen) atoms. The molecule has 0 aliphatic carbocycles. The van der Waals surface area contributed by atoms with Gasteiger partial charge in [0.15, 0.2) is 0 Å². The maximum atomic E-state index is 13.9. The number of benzene rings is 2. The first-order chi connectivity index (χ1) is 9.54. The fraction of sp³-hybridized carbons (Fsp3) is 0.200. The van der Waals surface area contributed by atoms with Crippen LogP contribution in [0.2, 0.25) is 5.02 Å². The van der Waals surface area contributed by atoms with Crippen molar-refractivity contribution in [1.82, 2.24) is 0 Å². The Morgan fingerprint density at radius 1 is 1.35 bits per heavy atom. The first-order valence-corrected chi connectivity index (χ1v) is 7.37. The lowest BCUT2D eigenvalue weighted by Gasteiger charge is -2.29. The zero-order chi connectivity index (χ0) is 14.3. The standard InChI is InChI=1S/C15H12BrClFNO/c1-8-4-10(17)6-13-15(8)20-14(7-19-13)11-5-9(16)2-3-12(11)18/h2-6,14,19H,7H2,1H3. The summed E-state index contributed by atoms with van der Waals surface area (Å²) in [4.78, 5) is 0. The Balaban J connectivity index is 1.98. The normalized spacial score (nSPS) is 17.1. The summed E-state index contributed by atoms with van der Waals surface area (Å²) in [5.41, 5.74) is 2.31. The molecule has 2 aromatic rings. The van der Waals surface area contributed by atoms with Crippen molar-refractivity contribution >= 4 is 33.2 Å². The minimum absolute atomic E-state index is 0.268. The van der Waals surface area contributed by atoms with Crippen molar-refractivity contribution in [2.24, 2.45) is 0 Å². The van der Waals surface area contributed by atoms with Gasteiger partial charge in [0.25, 0.3) is 0 Å². The zero-order valence-electron chi connectivity index (χ0n) is 10.7. The minimum atomic E-state index is -0.361. The van der Waals surface area contributed by atoms with Crippen LogP contribution in [0.15, 0.2) is 34.8 Å². The van der Waals surface area contributed by atoms with Crippen LogP contribution in [0, 0.1) is 12.7 Å². The van der Waals surface area contributed by atoms with Gasteiger partial charge < -0.3 is 10.1 Å². The second-order valence-electron chi connectivity index (χ2n) is 4.75. The molecule has 0 saturated carbocycles. The highest BCUT2D eigenvalue weighted by atomic mass is 79.9. The second-order valence-corrected chi connectivity index (χ2v) is 6.10. The maximum absolute atomic E-state index is 13.9. The molecule has 0 amide bonds. The molecule has 0 fully saturated rings. The van der Waals surface area contributed by atoms with Crippen LogP contribution in [0.1, 0.15) is 17.2 Å². The second kappa shape index (κ2) is 5.26. The van der Waals surface area contributed by atoms with Gasteiger partial charge in [-0.3, -0.25) is 0 Å². The van der Waals surface area contributed by atoms with Crippen molar-refractivity contribution in [2.75, 3.05) is 11.9 Å². The Hall–Kier alpha value is -1.26. The number of aryl methyl sites for hydroxylation is 1. The van der Waals surface area contributed by atoms with Gasteiger partial charge in [-0.2, -0.15) is 0 Å². The van der Waals surface area contributed by atoms with Crippen LogP contribution in [0.3, 0.4) is 0 Å². The lowest BCUT2D eigenvalue weighted by molar-refractivity contribution is 0.204. The third kappa shape index (κ3) is 2.50. The highest BCUT2D eigenvalue weighted by Crippen LogP contribution is 2.39. The number of rotatable bonds is 1. The Morgan fingerprint density at radius 3 is 2.95 bits per heavy atom. The van der Waals surface area contributed by atoms with Crippen molar-refractivity contribution in [3.8, 4) is 5.75 Å². The van der Waals surface area contributed by atoms with Gasteiger partial charge in [0.2, 0.25) is 0 Å². The Kier molecular flexibility index (Phi) is 3.61. The molecule has 2 aromatic carbocycles. The Bertz CT molecular complexity index is 677. The van der Waals surface area contributed by atoms with Crippen molar-refractivity contribution in [1.29, 1.82) is 0 Å². The van der Waals surface area contributed by atoms with Gasteiger partial charge in [0.05, 0.1) is 12.2 Å². The van der Waals surface area contributed by atoms with E-state index < -0.39 is 0 Å². The molecule has 1 heterocycles. The number of hydrogen-bond acceptors (Lipinski definition) is 2. The van der Waals surface area contributed by atoms with Crippen LogP contribution in [0.5, 0.6) is 5.75 Å². The van der Waals surface area contributed by atoms with E-state index in [1.165, 1.54) is 6.07 Å². The molecular formula is C15H12BrClFNO. The number of ether oxygens (including phenoxy) is 1. The van der Waals surface area contributed by atoms with Crippen molar-refractivity contribution in [3.05, 3.63) is 56.8 Å². The fourth-order valence-electron chi connectivity index (χ4n) is 2.34. The van der Waals surface area contributed by atoms with Crippen molar-refractivity contribution in [2.45, 2.75) is 13.0 Å². The van der Waals surface area contributed by atoms with E-state index in [1.807, 2.05) is 19.1 Å². The van der Waals surface area contributed by atoms with Crippen LogP contribution < -0.4 is 10.1 Å². The van der Waals surface area contributed by atoms with Crippen molar-refractivity contribution in [3.63, 3.8) is 0 Å². The highest BCUT2D eigenvalue weighted by Gasteiger charge is 2.25. The van der Waals surface area contributed by atoms with E-state index in [9.17, 15) is 4.39 Å². The van der Waals surface area contributed by atoms with Crippen LogP contribution in [0.4, 0.5) is 10.1 Å². The lowest BCUT2D eigenvalue weighted by atomic mass is 10.1. The SMILES string of the molecule is Cc1cc(Cl)cc2c1OC(c1cc(Br)ccc1F)CN2. The number of hydrogen-bond donors (Lipinski definition) is 1. The summed E-state index contributed by atoms with van der Waals surface area (Å²) in [6, 6.07) is 8.51. The number of fused-ring (bicyclic) bond motifs is 1. The van der Waals surface area contributed by atoms with Crippen LogP contribution in [-0.4, -0.2) is 6.54 Å². The highest BCUT2D eigenvalue weighted by molar-refractivity contribution is 9.10. The third-order valence-electron chi connectivity index (χ3n) is 3.28. The van der Waals surface area contributed by atoms with Gasteiger partial charge in [-0.1, -0.05) is 27.5 Å². The van der Waals surface area contributed by atoms with E-state index in [4.69, 9.17) is 16.3 Å². The molecule has 1 atom stereocenters. The summed E-state index contributed by atoms with van der Waals surface area (Å²) in [6.45, 7) is 2.42. The van der Waals surface area contributed by atoms with Gasteiger partial charge in [-0.05, 0) is 42.8 Å². The van der Waals surface area contributed by atoms with E-state index >= 15 is 0 Å². The number of halogens is 3. The van der Waals surface area contributed by atoms with Crippen LogP contribution >= 0.6 is 27.5 Å².